The summed E-state index contributed by atoms with van der Waals surface area (Å²) in [5.41, 5.74) is 8.02. The van der Waals surface area contributed by atoms with Crippen LogP contribution in [-0.4, -0.2) is 16.4 Å². The standard InChI is InChI=1S/C29H35N3/c1-20(30-26-16-11-9-14-22(26)28(3,4)5)24-18-13-19-25(32-24)21(2)31-27-17-12-10-15-23(27)29(6,7)8/h9-19H,1-8H3. The van der Waals surface area contributed by atoms with Crippen LogP contribution in [0.15, 0.2) is 76.7 Å². The molecule has 3 nitrogen and oxygen atoms in total. The molecule has 0 spiro atoms. The molecular weight excluding hydrogens is 390 g/mol. The summed E-state index contributed by atoms with van der Waals surface area (Å²) in [6.07, 6.45) is 0. The fraction of sp³-hybridized carbons (Fsp3) is 0.345. The van der Waals surface area contributed by atoms with Gasteiger partial charge in [-0.2, -0.15) is 0 Å². The van der Waals surface area contributed by atoms with Crippen molar-refractivity contribution < 1.29 is 0 Å². The van der Waals surface area contributed by atoms with E-state index >= 15 is 0 Å². The Morgan fingerprint density at radius 2 is 0.938 bits per heavy atom. The van der Waals surface area contributed by atoms with E-state index in [2.05, 4.69) is 77.9 Å². The van der Waals surface area contributed by atoms with Crippen molar-refractivity contribution in [1.82, 2.24) is 4.98 Å². The Bertz CT molecular complexity index is 1070. The van der Waals surface area contributed by atoms with E-state index in [1.807, 2.05) is 44.2 Å². The minimum absolute atomic E-state index is 0.0271. The Morgan fingerprint density at radius 1 is 0.562 bits per heavy atom. The van der Waals surface area contributed by atoms with Crippen LogP contribution in [0, 0.1) is 0 Å². The molecular formula is C29H35N3. The Morgan fingerprint density at radius 3 is 1.31 bits per heavy atom. The van der Waals surface area contributed by atoms with Crippen molar-refractivity contribution in [3.8, 4) is 0 Å². The summed E-state index contributed by atoms with van der Waals surface area (Å²) in [6, 6.07) is 22.7. The van der Waals surface area contributed by atoms with E-state index in [4.69, 9.17) is 15.0 Å². The van der Waals surface area contributed by atoms with Gasteiger partial charge in [-0.3, -0.25) is 9.98 Å². The molecule has 0 radical (unpaired) electrons. The number of pyridine rings is 1. The second-order valence-electron chi connectivity index (χ2n) is 10.3. The number of benzene rings is 2. The lowest BCUT2D eigenvalue weighted by Gasteiger charge is -2.21. The molecule has 3 rings (SSSR count). The molecule has 3 aromatic rings. The fourth-order valence-corrected chi connectivity index (χ4v) is 3.72. The van der Waals surface area contributed by atoms with Gasteiger partial charge in [0.2, 0.25) is 0 Å². The second kappa shape index (κ2) is 9.20. The lowest BCUT2D eigenvalue weighted by atomic mass is 9.86. The lowest BCUT2D eigenvalue weighted by molar-refractivity contribution is 0.591. The summed E-state index contributed by atoms with van der Waals surface area (Å²) in [4.78, 5) is 14.8. The molecule has 0 saturated heterocycles. The van der Waals surface area contributed by atoms with E-state index in [1.165, 1.54) is 11.1 Å². The van der Waals surface area contributed by atoms with Crippen LogP contribution in [0.5, 0.6) is 0 Å². The largest absolute Gasteiger partial charge is 0.251 e. The number of aromatic nitrogens is 1. The molecule has 0 fully saturated rings. The molecule has 0 saturated carbocycles. The Labute approximate surface area is 193 Å². The smallest absolute Gasteiger partial charge is 0.0849 e. The quantitative estimate of drug-likeness (QED) is 0.391. The first kappa shape index (κ1) is 23.6. The molecule has 0 N–H and O–H groups in total. The van der Waals surface area contributed by atoms with Gasteiger partial charge in [-0.25, -0.2) is 4.98 Å². The average molecular weight is 426 g/mol. The highest BCUT2D eigenvalue weighted by atomic mass is 14.8. The molecule has 0 bridgehead atoms. The van der Waals surface area contributed by atoms with Crippen molar-refractivity contribution in [2.45, 2.75) is 66.2 Å². The molecule has 2 aromatic carbocycles. The first-order chi connectivity index (χ1) is 15.0. The van der Waals surface area contributed by atoms with Gasteiger partial charge in [0.05, 0.1) is 34.2 Å². The minimum Gasteiger partial charge on any atom is -0.251 e. The minimum atomic E-state index is 0.0271. The number of aliphatic imine (C=N–C) groups is 2. The van der Waals surface area contributed by atoms with Crippen LogP contribution in [-0.2, 0) is 10.8 Å². The predicted octanol–water partition coefficient (Wildman–Crippen LogP) is 7.96. The highest BCUT2D eigenvalue weighted by molar-refractivity contribution is 6.02. The van der Waals surface area contributed by atoms with E-state index in [0.29, 0.717) is 0 Å². The maximum absolute atomic E-state index is 4.94. The van der Waals surface area contributed by atoms with E-state index in [9.17, 15) is 0 Å². The average Bonchev–Trinajstić information content (AvgIpc) is 2.73. The van der Waals surface area contributed by atoms with Crippen molar-refractivity contribution in [2.75, 3.05) is 0 Å². The Balaban J connectivity index is 1.98. The predicted molar refractivity (Wildman–Crippen MR) is 138 cm³/mol. The van der Waals surface area contributed by atoms with Crippen LogP contribution in [0.25, 0.3) is 0 Å². The maximum atomic E-state index is 4.94. The van der Waals surface area contributed by atoms with Crippen molar-refractivity contribution >= 4 is 22.8 Å². The Hall–Kier alpha value is -3.07. The van der Waals surface area contributed by atoms with Gasteiger partial charge in [-0.05, 0) is 60.1 Å². The molecule has 0 unspecified atom stereocenters. The SMILES string of the molecule is CC(=Nc1ccccc1C(C)(C)C)c1cccc(C(C)=Nc2ccccc2C(C)(C)C)n1. The van der Waals surface area contributed by atoms with Gasteiger partial charge < -0.3 is 0 Å². The maximum Gasteiger partial charge on any atom is 0.0849 e. The molecule has 0 atom stereocenters. The monoisotopic (exact) mass is 425 g/mol. The summed E-state index contributed by atoms with van der Waals surface area (Å²) in [7, 11) is 0. The zero-order valence-electron chi connectivity index (χ0n) is 20.7. The molecule has 0 amide bonds. The topological polar surface area (TPSA) is 37.6 Å². The van der Waals surface area contributed by atoms with Crippen LogP contribution in [0.2, 0.25) is 0 Å². The number of nitrogens with zero attached hydrogens (tertiary/aromatic N) is 3. The third-order valence-electron chi connectivity index (χ3n) is 5.49. The summed E-state index contributed by atoms with van der Waals surface area (Å²) >= 11 is 0. The number of hydrogen-bond acceptors (Lipinski definition) is 3. The molecule has 0 aliphatic heterocycles. The molecule has 1 aromatic heterocycles. The number of rotatable bonds is 4. The third-order valence-corrected chi connectivity index (χ3v) is 5.49. The van der Waals surface area contributed by atoms with Crippen LogP contribution in [0.3, 0.4) is 0 Å². The molecule has 1 heterocycles. The van der Waals surface area contributed by atoms with Crippen molar-refractivity contribution in [2.24, 2.45) is 9.98 Å². The summed E-state index contributed by atoms with van der Waals surface area (Å²) in [5, 5.41) is 0. The number of para-hydroxylation sites is 2. The van der Waals surface area contributed by atoms with Gasteiger partial charge in [0.25, 0.3) is 0 Å². The zero-order valence-corrected chi connectivity index (χ0v) is 20.7. The van der Waals surface area contributed by atoms with Crippen LogP contribution in [0.4, 0.5) is 11.4 Å². The molecule has 0 aliphatic carbocycles. The summed E-state index contributed by atoms with van der Waals surface area (Å²) in [6.45, 7) is 17.3. The van der Waals surface area contributed by atoms with Gasteiger partial charge in [-0.1, -0.05) is 84.0 Å². The first-order valence-electron chi connectivity index (χ1n) is 11.2. The Kier molecular flexibility index (Phi) is 6.78. The zero-order chi connectivity index (χ0) is 23.5. The first-order valence-corrected chi connectivity index (χ1v) is 11.2. The van der Waals surface area contributed by atoms with Crippen LogP contribution >= 0.6 is 0 Å². The van der Waals surface area contributed by atoms with E-state index in [1.54, 1.807) is 0 Å². The van der Waals surface area contributed by atoms with E-state index in [-0.39, 0.29) is 10.8 Å². The van der Waals surface area contributed by atoms with Crippen molar-refractivity contribution in [1.29, 1.82) is 0 Å². The number of hydrogen-bond donors (Lipinski definition) is 0. The fourth-order valence-electron chi connectivity index (χ4n) is 3.72. The van der Waals surface area contributed by atoms with Crippen LogP contribution < -0.4 is 0 Å². The van der Waals surface area contributed by atoms with Gasteiger partial charge >= 0.3 is 0 Å². The highest BCUT2D eigenvalue weighted by Gasteiger charge is 2.18. The molecule has 3 heteroatoms. The van der Waals surface area contributed by atoms with E-state index < -0.39 is 0 Å². The molecule has 0 aliphatic rings. The highest BCUT2D eigenvalue weighted by Crippen LogP contribution is 2.32. The van der Waals surface area contributed by atoms with Gasteiger partial charge in [0, 0.05) is 0 Å². The summed E-state index contributed by atoms with van der Waals surface area (Å²) in [5.74, 6) is 0. The van der Waals surface area contributed by atoms with E-state index in [0.717, 1.165) is 34.2 Å². The second-order valence-corrected chi connectivity index (χ2v) is 10.3. The lowest BCUT2D eigenvalue weighted by Crippen LogP contribution is -2.12. The van der Waals surface area contributed by atoms with Gasteiger partial charge in [-0.15, -0.1) is 0 Å². The molecule has 166 valence electrons. The summed E-state index contributed by atoms with van der Waals surface area (Å²) < 4.78 is 0. The van der Waals surface area contributed by atoms with Gasteiger partial charge in [0.1, 0.15) is 0 Å². The van der Waals surface area contributed by atoms with Gasteiger partial charge in [0.15, 0.2) is 0 Å². The molecule has 32 heavy (non-hydrogen) atoms. The van der Waals surface area contributed by atoms with Crippen molar-refractivity contribution in [3.05, 3.63) is 89.2 Å². The van der Waals surface area contributed by atoms with Crippen molar-refractivity contribution in [3.63, 3.8) is 0 Å². The van der Waals surface area contributed by atoms with Crippen LogP contribution in [0.1, 0.15) is 77.9 Å². The normalized spacial score (nSPS) is 13.4. The third kappa shape index (κ3) is 5.59.